The zero-order valence-electron chi connectivity index (χ0n) is 18.0. The van der Waals surface area contributed by atoms with Crippen molar-refractivity contribution in [2.45, 2.75) is 63.3 Å². The highest BCUT2D eigenvalue weighted by Crippen LogP contribution is 2.25. The summed E-state index contributed by atoms with van der Waals surface area (Å²) >= 11 is 0. The molecule has 3 rings (SSSR count). The highest BCUT2D eigenvalue weighted by Gasteiger charge is 2.38. The van der Waals surface area contributed by atoms with Gasteiger partial charge in [-0.3, -0.25) is 14.6 Å². The number of rotatable bonds is 13. The van der Waals surface area contributed by atoms with Crippen LogP contribution in [0.4, 0.5) is 0 Å². The lowest BCUT2D eigenvalue weighted by atomic mass is 9.88. The largest absolute Gasteiger partial charge is 0.481 e. The molecule has 0 saturated heterocycles. The van der Waals surface area contributed by atoms with E-state index in [1.165, 1.54) is 43.0 Å². The molecule has 0 spiro atoms. The smallest absolute Gasteiger partial charge is 0.306 e. The maximum Gasteiger partial charge on any atom is 0.306 e. The summed E-state index contributed by atoms with van der Waals surface area (Å²) in [6.07, 6.45) is 12.5. The van der Waals surface area contributed by atoms with Crippen LogP contribution in [0.5, 0.6) is 0 Å². The molecule has 0 amide bonds. The third-order valence-electron chi connectivity index (χ3n) is 5.85. The topological polar surface area (TPSA) is 66.7 Å². The summed E-state index contributed by atoms with van der Waals surface area (Å²) in [6, 6.07) is 19.1. The van der Waals surface area contributed by atoms with Crippen molar-refractivity contribution in [3.8, 4) is 0 Å². The quantitative estimate of drug-likeness (QED) is 0.445. The summed E-state index contributed by atoms with van der Waals surface area (Å²) in [6.45, 7) is 0. The van der Waals surface area contributed by atoms with Gasteiger partial charge in [0.15, 0.2) is 5.78 Å². The average molecular weight is 418 g/mol. The van der Waals surface area contributed by atoms with E-state index in [2.05, 4.69) is 59.6 Å². The molecule has 0 saturated carbocycles. The second-order valence-electron chi connectivity index (χ2n) is 8.27. The Morgan fingerprint density at radius 1 is 0.774 bits per heavy atom. The molecule has 0 radical (unpaired) electrons. The van der Waals surface area contributed by atoms with Crippen molar-refractivity contribution in [2.75, 3.05) is 0 Å². The van der Waals surface area contributed by atoms with Crippen LogP contribution < -0.4 is 0 Å². The highest BCUT2D eigenvalue weighted by atomic mass is 16.4. The van der Waals surface area contributed by atoms with Crippen molar-refractivity contribution in [1.29, 1.82) is 0 Å². The van der Waals surface area contributed by atoms with Gasteiger partial charge >= 0.3 is 5.97 Å². The Kier molecular flexibility index (Phi) is 8.34. The van der Waals surface area contributed by atoms with Gasteiger partial charge in [0, 0.05) is 12.6 Å². The van der Waals surface area contributed by atoms with Crippen molar-refractivity contribution in [3.63, 3.8) is 0 Å². The number of carbonyl (C=O) groups excluding carboxylic acids is 1. The number of nitrogens with zero attached hydrogens (tertiary/aromatic N) is 1. The number of unbranched alkanes of at least 4 members (excludes halogenated alkanes) is 3. The number of aliphatic imine (C=N–C) groups is 1. The summed E-state index contributed by atoms with van der Waals surface area (Å²) < 4.78 is 0. The lowest BCUT2D eigenvalue weighted by Gasteiger charge is -2.20. The molecule has 4 heteroatoms. The first-order chi connectivity index (χ1) is 15.1. The van der Waals surface area contributed by atoms with Gasteiger partial charge < -0.3 is 5.11 Å². The van der Waals surface area contributed by atoms with Gasteiger partial charge in [0.2, 0.25) is 0 Å². The van der Waals surface area contributed by atoms with Crippen molar-refractivity contribution in [1.82, 2.24) is 0 Å². The molecule has 162 valence electrons. The fourth-order valence-electron chi connectivity index (χ4n) is 4.02. The standard InChI is InChI=1S/C27H31NO3/c29-25(27(21-26(30)31)19-8-20-28-27)18-17-24-15-13-23(14-16-24)12-5-2-1-4-9-22-10-6-3-7-11-22/h3,6-8,10-11,13-16,19-20H,1-2,4-5,9,12,17-18,21H2,(H,30,31). The molecule has 0 bridgehead atoms. The number of hydrogen-bond acceptors (Lipinski definition) is 3. The second kappa shape index (κ2) is 11.4. The number of carbonyl (C=O) groups is 2. The summed E-state index contributed by atoms with van der Waals surface area (Å²) in [5, 5.41) is 9.11. The van der Waals surface area contributed by atoms with Crippen molar-refractivity contribution < 1.29 is 14.7 Å². The molecule has 4 nitrogen and oxygen atoms in total. The van der Waals surface area contributed by atoms with E-state index >= 15 is 0 Å². The maximum absolute atomic E-state index is 12.6. The van der Waals surface area contributed by atoms with Crippen molar-refractivity contribution in [2.24, 2.45) is 4.99 Å². The Balaban J connectivity index is 1.36. The number of carboxylic acid groups (broad SMARTS) is 1. The van der Waals surface area contributed by atoms with Gasteiger partial charge in [-0.15, -0.1) is 0 Å². The first-order valence-corrected chi connectivity index (χ1v) is 11.2. The minimum absolute atomic E-state index is 0.139. The predicted octanol–water partition coefficient (Wildman–Crippen LogP) is 5.39. The van der Waals surface area contributed by atoms with Crippen LogP contribution in [0.25, 0.3) is 0 Å². The monoisotopic (exact) mass is 417 g/mol. The SMILES string of the molecule is O=C(O)CC1(C(=O)CCc2ccc(CCCCCCc3ccccc3)cc2)C=CC=N1. The number of carboxylic acids is 1. The Labute approximate surface area is 184 Å². The van der Waals surface area contributed by atoms with E-state index in [1.54, 1.807) is 12.2 Å². The zero-order chi connectivity index (χ0) is 21.9. The minimum Gasteiger partial charge on any atom is -0.481 e. The third kappa shape index (κ3) is 7.02. The number of hydrogen-bond donors (Lipinski definition) is 1. The zero-order valence-corrected chi connectivity index (χ0v) is 18.0. The van der Waals surface area contributed by atoms with E-state index in [0.29, 0.717) is 6.42 Å². The van der Waals surface area contributed by atoms with Gasteiger partial charge in [-0.05, 0) is 60.9 Å². The van der Waals surface area contributed by atoms with Gasteiger partial charge in [0.05, 0.1) is 6.42 Å². The molecular formula is C27H31NO3. The molecule has 2 aromatic rings. The first kappa shape index (κ1) is 22.7. The Bertz CT molecular complexity index is 901. The van der Waals surface area contributed by atoms with E-state index in [1.807, 2.05) is 0 Å². The van der Waals surface area contributed by atoms with E-state index < -0.39 is 11.5 Å². The summed E-state index contributed by atoms with van der Waals surface area (Å²) in [4.78, 5) is 27.9. The molecule has 2 aromatic carbocycles. The van der Waals surface area contributed by atoms with Crippen LogP contribution in [0.3, 0.4) is 0 Å². The predicted molar refractivity (Wildman–Crippen MR) is 125 cm³/mol. The minimum atomic E-state index is -1.22. The van der Waals surface area contributed by atoms with Crippen LogP contribution in [0.1, 0.15) is 55.2 Å². The average Bonchev–Trinajstić information content (AvgIpc) is 3.25. The van der Waals surface area contributed by atoms with Crippen LogP contribution in [0.15, 0.2) is 71.7 Å². The van der Waals surface area contributed by atoms with E-state index in [9.17, 15) is 9.59 Å². The number of ketones is 1. The summed E-state index contributed by atoms with van der Waals surface area (Å²) in [7, 11) is 0. The molecular weight excluding hydrogens is 386 g/mol. The summed E-state index contributed by atoms with van der Waals surface area (Å²) in [5.41, 5.74) is 2.62. The molecule has 1 N–H and O–H groups in total. The molecule has 1 atom stereocenters. The van der Waals surface area contributed by atoms with E-state index in [-0.39, 0.29) is 18.6 Å². The second-order valence-corrected chi connectivity index (χ2v) is 8.27. The van der Waals surface area contributed by atoms with Crippen molar-refractivity contribution in [3.05, 3.63) is 83.4 Å². The van der Waals surface area contributed by atoms with Crippen LogP contribution in [0, 0.1) is 0 Å². The molecule has 1 aliphatic heterocycles. The maximum atomic E-state index is 12.6. The van der Waals surface area contributed by atoms with Gasteiger partial charge in [-0.2, -0.15) is 0 Å². The van der Waals surface area contributed by atoms with Crippen molar-refractivity contribution >= 4 is 18.0 Å². The molecule has 0 fully saturated rings. The Morgan fingerprint density at radius 2 is 1.35 bits per heavy atom. The molecule has 1 aliphatic rings. The lowest BCUT2D eigenvalue weighted by molar-refractivity contribution is -0.140. The van der Waals surface area contributed by atoms with E-state index in [0.717, 1.165) is 18.4 Å². The van der Waals surface area contributed by atoms with Crippen LogP contribution >= 0.6 is 0 Å². The first-order valence-electron chi connectivity index (χ1n) is 11.2. The number of aliphatic carboxylic acids is 1. The van der Waals surface area contributed by atoms with Crippen LogP contribution in [-0.2, 0) is 28.9 Å². The molecule has 1 unspecified atom stereocenters. The van der Waals surface area contributed by atoms with Crippen LogP contribution in [-0.4, -0.2) is 28.6 Å². The van der Waals surface area contributed by atoms with Gasteiger partial charge in [-0.1, -0.05) is 67.4 Å². The number of Topliss-reactive ketones (excluding diaryl/α,β-unsaturated/α-hetero) is 1. The Morgan fingerprint density at radius 3 is 1.90 bits per heavy atom. The fraction of sp³-hybridized carbons (Fsp3) is 0.370. The molecule has 0 aromatic heterocycles. The lowest BCUT2D eigenvalue weighted by Crippen LogP contribution is -2.36. The van der Waals surface area contributed by atoms with Crippen LogP contribution in [0.2, 0.25) is 0 Å². The number of benzene rings is 2. The number of allylic oxidation sites excluding steroid dienone is 1. The van der Waals surface area contributed by atoms with E-state index in [4.69, 9.17) is 5.11 Å². The molecule has 31 heavy (non-hydrogen) atoms. The van der Waals surface area contributed by atoms with Gasteiger partial charge in [-0.25, -0.2) is 0 Å². The molecule has 1 heterocycles. The normalized spacial score (nSPS) is 17.2. The Hall–Kier alpha value is -3.01. The third-order valence-corrected chi connectivity index (χ3v) is 5.85. The summed E-state index contributed by atoms with van der Waals surface area (Å²) in [5.74, 6) is -1.15. The van der Waals surface area contributed by atoms with Gasteiger partial charge in [0.1, 0.15) is 5.54 Å². The van der Waals surface area contributed by atoms with Gasteiger partial charge in [0.25, 0.3) is 0 Å². The fourth-order valence-corrected chi connectivity index (χ4v) is 4.02. The highest BCUT2D eigenvalue weighted by molar-refractivity contribution is 5.98. The number of aryl methyl sites for hydroxylation is 3. The molecule has 0 aliphatic carbocycles.